The number of halogens is 2. The second-order valence-electron chi connectivity index (χ2n) is 6.94. The average molecular weight is 426 g/mol. The average Bonchev–Trinajstić information content (AvgIpc) is 3.12. The molecule has 27 heavy (non-hydrogen) atoms. The Morgan fingerprint density at radius 3 is 2.74 bits per heavy atom. The highest BCUT2D eigenvalue weighted by atomic mass is 35.5. The van der Waals surface area contributed by atoms with Crippen LogP contribution in [0.1, 0.15) is 48.7 Å². The summed E-state index contributed by atoms with van der Waals surface area (Å²) < 4.78 is 0. The third kappa shape index (κ3) is 4.81. The van der Waals surface area contributed by atoms with Gasteiger partial charge in [-0.15, -0.1) is 11.3 Å². The summed E-state index contributed by atoms with van der Waals surface area (Å²) in [7, 11) is 0. The number of piperidine rings is 1. The molecule has 5 nitrogen and oxygen atoms in total. The van der Waals surface area contributed by atoms with Crippen LogP contribution in [0.15, 0.2) is 23.6 Å². The lowest BCUT2D eigenvalue weighted by molar-refractivity contribution is -0.121. The molecule has 2 heterocycles. The first kappa shape index (κ1) is 20.1. The number of rotatable bonds is 4. The lowest BCUT2D eigenvalue weighted by Gasteiger charge is -2.32. The van der Waals surface area contributed by atoms with E-state index in [9.17, 15) is 9.59 Å². The Labute approximate surface area is 172 Å². The van der Waals surface area contributed by atoms with Crippen LogP contribution in [0.3, 0.4) is 0 Å². The topological polar surface area (TPSA) is 62.3 Å². The number of thiazole rings is 1. The van der Waals surface area contributed by atoms with Crippen LogP contribution >= 0.6 is 34.5 Å². The number of hydrogen-bond donors (Lipinski definition) is 1. The molecule has 0 saturated carbocycles. The maximum atomic E-state index is 12.8. The number of nitrogens with one attached hydrogen (secondary N) is 1. The highest BCUT2D eigenvalue weighted by Gasteiger charge is 2.29. The minimum Gasteiger partial charge on any atom is -0.338 e. The van der Waals surface area contributed by atoms with Crippen LogP contribution < -0.4 is 5.32 Å². The standard InChI is InChI=1S/C19H21Cl2N3O2S/c1-11(2)16-10-27-19(22-16)23-17(25)13-4-3-7-24(9-13)18(26)12-5-6-14(20)15(21)8-12/h5-6,8,10-11,13H,3-4,7,9H2,1-2H3,(H,22,23,25). The van der Waals surface area contributed by atoms with Crippen molar-refractivity contribution in [3.8, 4) is 0 Å². The summed E-state index contributed by atoms with van der Waals surface area (Å²) in [6.07, 6.45) is 1.53. The molecule has 0 spiro atoms. The monoisotopic (exact) mass is 425 g/mol. The van der Waals surface area contributed by atoms with E-state index in [1.807, 2.05) is 5.38 Å². The first-order chi connectivity index (χ1) is 12.8. The van der Waals surface area contributed by atoms with Gasteiger partial charge >= 0.3 is 0 Å². The van der Waals surface area contributed by atoms with Crippen molar-refractivity contribution in [2.45, 2.75) is 32.6 Å². The molecule has 2 aromatic rings. The van der Waals surface area contributed by atoms with E-state index in [0.29, 0.717) is 39.7 Å². The molecular formula is C19H21Cl2N3O2S. The largest absolute Gasteiger partial charge is 0.338 e. The summed E-state index contributed by atoms with van der Waals surface area (Å²) in [5.74, 6) is -0.161. The number of anilines is 1. The molecule has 1 fully saturated rings. The quantitative estimate of drug-likeness (QED) is 0.743. The van der Waals surface area contributed by atoms with Crippen molar-refractivity contribution in [1.29, 1.82) is 0 Å². The number of carbonyl (C=O) groups is 2. The Balaban J connectivity index is 1.64. The van der Waals surface area contributed by atoms with Crippen LogP contribution in [0.4, 0.5) is 5.13 Å². The minimum atomic E-state index is -0.253. The van der Waals surface area contributed by atoms with Crippen LogP contribution in [-0.4, -0.2) is 34.8 Å². The van der Waals surface area contributed by atoms with Gasteiger partial charge < -0.3 is 10.2 Å². The summed E-state index contributed by atoms with van der Waals surface area (Å²) >= 11 is 13.4. The fourth-order valence-electron chi connectivity index (χ4n) is 3.00. The Morgan fingerprint density at radius 1 is 1.30 bits per heavy atom. The second-order valence-corrected chi connectivity index (χ2v) is 8.61. The lowest BCUT2D eigenvalue weighted by Crippen LogP contribution is -2.43. The summed E-state index contributed by atoms with van der Waals surface area (Å²) in [6, 6.07) is 4.84. The molecule has 3 rings (SSSR count). The number of benzene rings is 1. The molecule has 1 aliphatic rings. The predicted molar refractivity (Wildman–Crippen MR) is 110 cm³/mol. The Bertz CT molecular complexity index is 853. The first-order valence-corrected chi connectivity index (χ1v) is 10.5. The highest BCUT2D eigenvalue weighted by Crippen LogP contribution is 2.26. The molecule has 1 unspecified atom stereocenters. The molecule has 0 aliphatic carbocycles. The van der Waals surface area contributed by atoms with Crippen LogP contribution in [0, 0.1) is 5.92 Å². The third-order valence-electron chi connectivity index (χ3n) is 4.59. The van der Waals surface area contributed by atoms with E-state index < -0.39 is 0 Å². The van der Waals surface area contributed by atoms with Crippen LogP contribution in [0.25, 0.3) is 0 Å². The van der Waals surface area contributed by atoms with E-state index in [-0.39, 0.29) is 17.7 Å². The fraction of sp³-hybridized carbons (Fsp3) is 0.421. The molecule has 8 heteroatoms. The van der Waals surface area contributed by atoms with Gasteiger partial charge in [-0.05, 0) is 37.0 Å². The molecule has 1 aromatic carbocycles. The smallest absolute Gasteiger partial charge is 0.253 e. The summed E-state index contributed by atoms with van der Waals surface area (Å²) in [6.45, 7) is 5.13. The van der Waals surface area contributed by atoms with Gasteiger partial charge in [-0.2, -0.15) is 0 Å². The molecule has 1 aromatic heterocycles. The van der Waals surface area contributed by atoms with E-state index >= 15 is 0 Å². The van der Waals surface area contributed by atoms with Crippen molar-refractivity contribution >= 4 is 51.5 Å². The van der Waals surface area contributed by atoms with Gasteiger partial charge in [-0.1, -0.05) is 37.0 Å². The summed E-state index contributed by atoms with van der Waals surface area (Å²) in [4.78, 5) is 31.5. The van der Waals surface area contributed by atoms with Gasteiger partial charge in [-0.3, -0.25) is 9.59 Å². The maximum Gasteiger partial charge on any atom is 0.253 e. The van der Waals surface area contributed by atoms with Crippen molar-refractivity contribution in [1.82, 2.24) is 9.88 Å². The molecule has 1 aliphatic heterocycles. The highest BCUT2D eigenvalue weighted by molar-refractivity contribution is 7.13. The number of amides is 2. The van der Waals surface area contributed by atoms with E-state index in [2.05, 4.69) is 24.1 Å². The van der Waals surface area contributed by atoms with Gasteiger partial charge in [0.15, 0.2) is 5.13 Å². The zero-order chi connectivity index (χ0) is 19.6. The molecule has 2 amide bonds. The zero-order valence-corrected chi connectivity index (χ0v) is 17.5. The molecule has 0 bridgehead atoms. The second kappa shape index (κ2) is 8.59. The number of hydrogen-bond acceptors (Lipinski definition) is 4. The van der Waals surface area contributed by atoms with Crippen LogP contribution in [-0.2, 0) is 4.79 Å². The number of likely N-dealkylation sites (tertiary alicyclic amines) is 1. The molecular weight excluding hydrogens is 405 g/mol. The van der Waals surface area contributed by atoms with Crippen molar-refractivity contribution in [3.05, 3.63) is 44.9 Å². The molecule has 1 saturated heterocycles. The van der Waals surface area contributed by atoms with E-state index in [1.165, 1.54) is 11.3 Å². The Hall–Kier alpha value is -1.63. The summed E-state index contributed by atoms with van der Waals surface area (Å²) in [5.41, 5.74) is 1.45. The normalized spacial score (nSPS) is 17.2. The van der Waals surface area contributed by atoms with Crippen LogP contribution in [0.2, 0.25) is 10.0 Å². The lowest BCUT2D eigenvalue weighted by atomic mass is 9.96. The van der Waals surface area contributed by atoms with Gasteiger partial charge in [-0.25, -0.2) is 4.98 Å². The Morgan fingerprint density at radius 2 is 2.07 bits per heavy atom. The first-order valence-electron chi connectivity index (χ1n) is 8.85. The molecule has 0 radical (unpaired) electrons. The van der Waals surface area contributed by atoms with E-state index in [0.717, 1.165) is 18.5 Å². The van der Waals surface area contributed by atoms with Gasteiger partial charge in [0.1, 0.15) is 0 Å². The van der Waals surface area contributed by atoms with Gasteiger partial charge in [0.2, 0.25) is 5.91 Å². The fourth-order valence-corrected chi connectivity index (χ4v) is 4.18. The summed E-state index contributed by atoms with van der Waals surface area (Å²) in [5, 5.41) is 6.22. The van der Waals surface area contributed by atoms with Crippen molar-refractivity contribution < 1.29 is 9.59 Å². The minimum absolute atomic E-state index is 0.0914. The van der Waals surface area contributed by atoms with Crippen LogP contribution in [0.5, 0.6) is 0 Å². The van der Waals surface area contributed by atoms with Gasteiger partial charge in [0.05, 0.1) is 21.7 Å². The van der Waals surface area contributed by atoms with E-state index in [4.69, 9.17) is 23.2 Å². The van der Waals surface area contributed by atoms with Gasteiger partial charge in [0.25, 0.3) is 5.91 Å². The number of nitrogens with zero attached hydrogens (tertiary/aromatic N) is 2. The number of carbonyl (C=O) groups excluding carboxylic acids is 2. The molecule has 1 N–H and O–H groups in total. The molecule has 1 atom stereocenters. The third-order valence-corrected chi connectivity index (χ3v) is 6.10. The van der Waals surface area contributed by atoms with Gasteiger partial charge in [0, 0.05) is 24.0 Å². The Kier molecular flexibility index (Phi) is 6.40. The predicted octanol–water partition coefficient (Wildman–Crippen LogP) is 5.06. The maximum absolute atomic E-state index is 12.8. The van der Waals surface area contributed by atoms with Crippen molar-refractivity contribution in [3.63, 3.8) is 0 Å². The SMILES string of the molecule is CC(C)c1csc(NC(=O)C2CCCN(C(=O)c3ccc(Cl)c(Cl)c3)C2)n1. The zero-order valence-electron chi connectivity index (χ0n) is 15.2. The molecule has 144 valence electrons. The number of aromatic nitrogens is 1. The van der Waals surface area contributed by atoms with Crippen molar-refractivity contribution in [2.24, 2.45) is 5.92 Å². The van der Waals surface area contributed by atoms with Crippen molar-refractivity contribution in [2.75, 3.05) is 18.4 Å². The van der Waals surface area contributed by atoms with E-state index in [1.54, 1.807) is 23.1 Å².